The van der Waals surface area contributed by atoms with Gasteiger partial charge in [0.2, 0.25) is 10.0 Å². The highest BCUT2D eigenvalue weighted by Crippen LogP contribution is 2.10. The number of Topliss-reactive ketones (excluding diaryl/α,β-unsaturated/α-hetero) is 1. The lowest BCUT2D eigenvalue weighted by Gasteiger charge is -2.01. The summed E-state index contributed by atoms with van der Waals surface area (Å²) in [6.45, 7) is 1.53. The molecule has 0 amide bonds. The summed E-state index contributed by atoms with van der Waals surface area (Å²) in [5.41, 5.74) is 0.928. The molecule has 0 saturated carbocycles. The molecule has 0 bridgehead atoms. The van der Waals surface area contributed by atoms with E-state index in [0.717, 1.165) is 5.56 Å². The Bertz CT molecular complexity index is 448. The summed E-state index contributed by atoms with van der Waals surface area (Å²) in [7, 11) is -3.62. The number of hydrogen-bond acceptors (Lipinski definition) is 3. The van der Waals surface area contributed by atoms with E-state index in [9.17, 15) is 13.2 Å². The van der Waals surface area contributed by atoms with Gasteiger partial charge in [0, 0.05) is 6.42 Å². The van der Waals surface area contributed by atoms with Crippen LogP contribution in [-0.2, 0) is 21.2 Å². The zero-order valence-corrected chi connectivity index (χ0v) is 9.25. The third kappa shape index (κ3) is 3.81. The average Bonchev–Trinajstić information content (AvgIpc) is 2.14. The predicted octanol–water partition coefficient (Wildman–Crippen LogP) is 0.856. The normalized spacial score (nSPS) is 11.3. The minimum atomic E-state index is -3.62. The third-order valence-electron chi connectivity index (χ3n) is 2.02. The molecule has 0 saturated heterocycles. The Morgan fingerprint density at radius 2 is 1.80 bits per heavy atom. The summed E-state index contributed by atoms with van der Waals surface area (Å²) >= 11 is 0. The molecule has 1 aromatic carbocycles. The Balaban J connectivity index is 2.77. The van der Waals surface area contributed by atoms with Gasteiger partial charge in [-0.25, -0.2) is 13.6 Å². The molecular weight excluding hydrogens is 214 g/mol. The number of carbonyl (C=O) groups is 1. The van der Waals surface area contributed by atoms with E-state index in [1.165, 1.54) is 19.1 Å². The number of ketones is 1. The first-order valence-corrected chi connectivity index (χ1v) is 6.05. The number of hydrogen-bond donors (Lipinski definition) is 1. The minimum absolute atomic E-state index is 0.0917. The van der Waals surface area contributed by atoms with E-state index < -0.39 is 10.0 Å². The van der Waals surface area contributed by atoms with Crippen LogP contribution in [0.25, 0.3) is 0 Å². The van der Waals surface area contributed by atoms with Gasteiger partial charge in [-0.2, -0.15) is 0 Å². The standard InChI is InChI=1S/C10H13NO3S/c1-8(12)2-3-9-4-6-10(7-5-9)15(11,13)14/h4-7H,2-3H2,1H3,(H2,11,13,14). The van der Waals surface area contributed by atoms with Gasteiger partial charge in [-0.15, -0.1) is 0 Å². The maximum absolute atomic E-state index is 10.9. The van der Waals surface area contributed by atoms with E-state index in [1.54, 1.807) is 12.1 Å². The molecule has 0 spiro atoms. The zero-order valence-electron chi connectivity index (χ0n) is 8.43. The summed E-state index contributed by atoms with van der Waals surface area (Å²) in [5.74, 6) is 0.116. The second kappa shape index (κ2) is 4.55. The molecule has 1 aromatic rings. The summed E-state index contributed by atoms with van der Waals surface area (Å²) in [6.07, 6.45) is 1.09. The van der Waals surface area contributed by atoms with Crippen molar-refractivity contribution >= 4 is 15.8 Å². The Hall–Kier alpha value is -1.20. The van der Waals surface area contributed by atoms with Crippen molar-refractivity contribution in [2.24, 2.45) is 5.14 Å². The van der Waals surface area contributed by atoms with Crippen molar-refractivity contribution in [1.82, 2.24) is 0 Å². The van der Waals surface area contributed by atoms with Gasteiger partial charge in [0.25, 0.3) is 0 Å². The number of sulfonamides is 1. The van der Waals surface area contributed by atoms with Gasteiger partial charge in [0.15, 0.2) is 0 Å². The topological polar surface area (TPSA) is 77.2 Å². The molecule has 4 nitrogen and oxygen atoms in total. The molecule has 0 aromatic heterocycles. The van der Waals surface area contributed by atoms with E-state index in [4.69, 9.17) is 5.14 Å². The Morgan fingerprint density at radius 3 is 2.20 bits per heavy atom. The minimum Gasteiger partial charge on any atom is -0.300 e. The smallest absolute Gasteiger partial charge is 0.238 e. The average molecular weight is 227 g/mol. The molecule has 0 aliphatic carbocycles. The van der Waals surface area contributed by atoms with E-state index in [-0.39, 0.29) is 10.7 Å². The fourth-order valence-electron chi connectivity index (χ4n) is 1.17. The molecular formula is C10H13NO3S. The van der Waals surface area contributed by atoms with Crippen molar-refractivity contribution in [3.8, 4) is 0 Å². The number of carbonyl (C=O) groups excluding carboxylic acids is 1. The van der Waals surface area contributed by atoms with Crippen LogP contribution in [0.1, 0.15) is 18.9 Å². The molecule has 15 heavy (non-hydrogen) atoms. The van der Waals surface area contributed by atoms with Crippen LogP contribution in [0.15, 0.2) is 29.2 Å². The van der Waals surface area contributed by atoms with Gasteiger partial charge in [0.1, 0.15) is 5.78 Å². The van der Waals surface area contributed by atoms with Gasteiger partial charge >= 0.3 is 0 Å². The summed E-state index contributed by atoms with van der Waals surface area (Å²) in [4.78, 5) is 10.8. The van der Waals surface area contributed by atoms with Crippen molar-refractivity contribution in [3.05, 3.63) is 29.8 Å². The van der Waals surface area contributed by atoms with Crippen LogP contribution in [0.3, 0.4) is 0 Å². The van der Waals surface area contributed by atoms with Crippen LogP contribution < -0.4 is 5.14 Å². The second-order valence-corrected chi connectivity index (χ2v) is 4.95. The van der Waals surface area contributed by atoms with Crippen LogP contribution in [0, 0.1) is 0 Å². The van der Waals surface area contributed by atoms with Crippen molar-refractivity contribution in [3.63, 3.8) is 0 Å². The van der Waals surface area contributed by atoms with Gasteiger partial charge in [-0.05, 0) is 31.0 Å². The number of nitrogens with two attached hydrogens (primary N) is 1. The van der Waals surface area contributed by atoms with Crippen LogP contribution >= 0.6 is 0 Å². The molecule has 2 N–H and O–H groups in total. The SMILES string of the molecule is CC(=O)CCc1ccc(S(N)(=O)=O)cc1. The highest BCUT2D eigenvalue weighted by atomic mass is 32.2. The van der Waals surface area contributed by atoms with Gasteiger partial charge < -0.3 is 4.79 Å². The van der Waals surface area contributed by atoms with E-state index in [1.807, 2.05) is 0 Å². The van der Waals surface area contributed by atoms with Crippen molar-refractivity contribution < 1.29 is 13.2 Å². The number of rotatable bonds is 4. The lowest BCUT2D eigenvalue weighted by Crippen LogP contribution is -2.11. The second-order valence-electron chi connectivity index (χ2n) is 3.39. The first kappa shape index (κ1) is 11.9. The molecule has 82 valence electrons. The first-order valence-electron chi connectivity index (χ1n) is 4.51. The quantitative estimate of drug-likeness (QED) is 0.828. The monoisotopic (exact) mass is 227 g/mol. The summed E-state index contributed by atoms with van der Waals surface area (Å²) in [5, 5.41) is 4.95. The fourth-order valence-corrected chi connectivity index (χ4v) is 1.68. The van der Waals surface area contributed by atoms with E-state index in [2.05, 4.69) is 0 Å². The lowest BCUT2D eigenvalue weighted by molar-refractivity contribution is -0.116. The highest BCUT2D eigenvalue weighted by Gasteiger charge is 2.06. The molecule has 0 atom stereocenters. The van der Waals surface area contributed by atoms with Crippen LogP contribution in [0.2, 0.25) is 0 Å². The molecule has 0 aliphatic heterocycles. The number of benzene rings is 1. The predicted molar refractivity (Wildman–Crippen MR) is 56.8 cm³/mol. The molecule has 0 aliphatic rings. The molecule has 0 heterocycles. The Labute approximate surface area is 89.2 Å². The van der Waals surface area contributed by atoms with Crippen LogP contribution in [0.4, 0.5) is 0 Å². The number of primary sulfonamides is 1. The van der Waals surface area contributed by atoms with Gasteiger partial charge in [0.05, 0.1) is 4.90 Å². The fraction of sp³-hybridized carbons (Fsp3) is 0.300. The maximum Gasteiger partial charge on any atom is 0.238 e. The Kier molecular flexibility index (Phi) is 3.60. The van der Waals surface area contributed by atoms with Crippen LogP contribution in [0.5, 0.6) is 0 Å². The van der Waals surface area contributed by atoms with Gasteiger partial charge in [-0.3, -0.25) is 0 Å². The largest absolute Gasteiger partial charge is 0.300 e. The first-order chi connectivity index (χ1) is 6.89. The molecule has 5 heteroatoms. The molecule has 0 unspecified atom stereocenters. The Morgan fingerprint density at radius 1 is 1.27 bits per heavy atom. The van der Waals surface area contributed by atoms with Gasteiger partial charge in [-0.1, -0.05) is 12.1 Å². The van der Waals surface area contributed by atoms with Crippen molar-refractivity contribution in [2.75, 3.05) is 0 Å². The van der Waals surface area contributed by atoms with Crippen molar-refractivity contribution in [2.45, 2.75) is 24.7 Å². The maximum atomic E-state index is 10.9. The molecule has 1 rings (SSSR count). The zero-order chi connectivity index (χ0) is 11.5. The highest BCUT2D eigenvalue weighted by molar-refractivity contribution is 7.89. The van der Waals surface area contributed by atoms with E-state index in [0.29, 0.717) is 12.8 Å². The number of aryl methyl sites for hydroxylation is 1. The lowest BCUT2D eigenvalue weighted by atomic mass is 10.1. The third-order valence-corrected chi connectivity index (χ3v) is 2.95. The summed E-state index contributed by atoms with van der Waals surface area (Å²) < 4.78 is 21.9. The summed E-state index contributed by atoms with van der Waals surface area (Å²) in [6, 6.07) is 6.24. The van der Waals surface area contributed by atoms with Crippen molar-refractivity contribution in [1.29, 1.82) is 0 Å². The van der Waals surface area contributed by atoms with Crippen LogP contribution in [-0.4, -0.2) is 14.2 Å². The van der Waals surface area contributed by atoms with E-state index >= 15 is 0 Å². The molecule has 0 fully saturated rings. The molecule has 0 radical (unpaired) electrons.